The first-order valence-electron chi connectivity index (χ1n) is 7.74. The van der Waals surface area contributed by atoms with Gasteiger partial charge in [-0.15, -0.1) is 5.10 Å². The van der Waals surface area contributed by atoms with E-state index in [1.54, 1.807) is 4.52 Å². The van der Waals surface area contributed by atoms with E-state index in [0.29, 0.717) is 5.65 Å². The number of benzene rings is 2. The van der Waals surface area contributed by atoms with Gasteiger partial charge in [-0.05, 0) is 47.0 Å². The highest BCUT2D eigenvalue weighted by atomic mass is 15.5. The third-order valence-corrected chi connectivity index (χ3v) is 4.37. The van der Waals surface area contributed by atoms with E-state index < -0.39 is 0 Å². The van der Waals surface area contributed by atoms with Crippen LogP contribution in [0.1, 0.15) is 12.0 Å². The second-order valence-electron chi connectivity index (χ2n) is 5.72. The molecule has 1 aliphatic heterocycles. The number of hydrogen-bond acceptors (Lipinski definition) is 5. The fourth-order valence-electron chi connectivity index (χ4n) is 3.33. The van der Waals surface area contributed by atoms with Crippen molar-refractivity contribution in [3.63, 3.8) is 0 Å². The number of aryl methyl sites for hydroxylation is 1. The lowest BCUT2D eigenvalue weighted by Crippen LogP contribution is -2.26. The fourth-order valence-corrected chi connectivity index (χ4v) is 3.33. The quantitative estimate of drug-likeness (QED) is 0.541. The Hall–Kier alpha value is -3.02. The molecule has 0 radical (unpaired) electrons. The number of anilines is 2. The van der Waals surface area contributed by atoms with Crippen molar-refractivity contribution in [2.45, 2.75) is 12.8 Å². The van der Waals surface area contributed by atoms with Crippen molar-refractivity contribution in [1.82, 2.24) is 25.0 Å². The van der Waals surface area contributed by atoms with E-state index in [2.05, 4.69) is 44.7 Å². The molecule has 2 aromatic carbocycles. The Labute approximate surface area is 132 Å². The molecule has 0 fully saturated rings. The monoisotopic (exact) mass is 302 g/mol. The van der Waals surface area contributed by atoms with E-state index in [1.807, 2.05) is 24.3 Å². The Bertz CT molecular complexity index is 1020. The number of fused-ring (bicyclic) bond motifs is 4. The molecule has 0 bridgehead atoms. The lowest BCUT2D eigenvalue weighted by atomic mass is 10.0. The Balaban J connectivity index is 1.82. The van der Waals surface area contributed by atoms with Gasteiger partial charge in [0.25, 0.3) is 0 Å². The van der Waals surface area contributed by atoms with Gasteiger partial charge in [-0.2, -0.15) is 4.52 Å². The van der Waals surface area contributed by atoms with E-state index in [9.17, 15) is 0 Å². The van der Waals surface area contributed by atoms with Crippen molar-refractivity contribution >= 4 is 28.2 Å². The van der Waals surface area contributed by atoms with Crippen LogP contribution >= 0.6 is 0 Å². The first-order chi connectivity index (χ1) is 11.4. The van der Waals surface area contributed by atoms with Gasteiger partial charge in [0.1, 0.15) is 0 Å². The Morgan fingerprint density at radius 2 is 1.83 bits per heavy atom. The molecule has 6 heteroatoms. The number of para-hydroxylation sites is 3. The standard InChI is InChI=1S/C17H14N6/c1-3-9-14-12(6-1)7-5-11-22(14)16-17-19-20-21-23(17)15-10-4-2-8-13(15)18-16/h1-4,6,8-10H,5,7,11H2. The van der Waals surface area contributed by atoms with Crippen LogP contribution in [-0.2, 0) is 6.42 Å². The predicted molar refractivity (Wildman–Crippen MR) is 87.9 cm³/mol. The van der Waals surface area contributed by atoms with E-state index in [4.69, 9.17) is 4.98 Å². The summed E-state index contributed by atoms with van der Waals surface area (Å²) in [6.07, 6.45) is 2.20. The third-order valence-electron chi connectivity index (χ3n) is 4.37. The zero-order valence-electron chi connectivity index (χ0n) is 12.4. The summed E-state index contributed by atoms with van der Waals surface area (Å²) >= 11 is 0. The van der Waals surface area contributed by atoms with Gasteiger partial charge >= 0.3 is 0 Å². The fraction of sp³-hybridized carbons (Fsp3) is 0.176. The van der Waals surface area contributed by atoms with Crippen LogP contribution in [0, 0.1) is 0 Å². The van der Waals surface area contributed by atoms with E-state index in [0.717, 1.165) is 36.2 Å². The molecule has 0 spiro atoms. The Morgan fingerprint density at radius 3 is 2.83 bits per heavy atom. The van der Waals surface area contributed by atoms with Crippen molar-refractivity contribution in [1.29, 1.82) is 0 Å². The molecule has 5 rings (SSSR count). The number of aromatic nitrogens is 5. The van der Waals surface area contributed by atoms with Crippen molar-refractivity contribution in [2.75, 3.05) is 11.4 Å². The second kappa shape index (κ2) is 4.74. The SMILES string of the molecule is c1ccc2c(c1)CCCN2c1nc2ccccc2n2nnnc12. The van der Waals surface area contributed by atoms with Gasteiger partial charge in [-0.3, -0.25) is 0 Å². The van der Waals surface area contributed by atoms with Crippen LogP contribution in [-0.4, -0.2) is 31.6 Å². The summed E-state index contributed by atoms with van der Waals surface area (Å²) in [5.74, 6) is 0.820. The summed E-state index contributed by atoms with van der Waals surface area (Å²) in [6.45, 7) is 0.922. The molecule has 0 saturated carbocycles. The molecule has 23 heavy (non-hydrogen) atoms. The van der Waals surface area contributed by atoms with Crippen LogP contribution in [0.5, 0.6) is 0 Å². The molecule has 1 aliphatic rings. The largest absolute Gasteiger partial charge is 0.323 e. The zero-order valence-corrected chi connectivity index (χ0v) is 12.4. The minimum Gasteiger partial charge on any atom is -0.323 e. The maximum absolute atomic E-state index is 4.86. The molecule has 0 amide bonds. The number of nitrogens with zero attached hydrogens (tertiary/aromatic N) is 6. The number of hydrogen-bond donors (Lipinski definition) is 0. The second-order valence-corrected chi connectivity index (χ2v) is 5.72. The molecule has 0 unspecified atom stereocenters. The molecule has 0 N–H and O–H groups in total. The molecule has 6 nitrogen and oxygen atoms in total. The van der Waals surface area contributed by atoms with Crippen LogP contribution in [0.15, 0.2) is 48.5 Å². The molecular formula is C17H14N6. The van der Waals surface area contributed by atoms with E-state index in [1.165, 1.54) is 11.3 Å². The van der Waals surface area contributed by atoms with Crippen LogP contribution < -0.4 is 4.90 Å². The highest BCUT2D eigenvalue weighted by Gasteiger charge is 2.23. The third kappa shape index (κ3) is 1.81. The predicted octanol–water partition coefficient (Wildman–Crippen LogP) is 2.76. The van der Waals surface area contributed by atoms with Crippen molar-refractivity contribution in [3.8, 4) is 0 Å². The maximum Gasteiger partial charge on any atom is 0.222 e. The van der Waals surface area contributed by atoms with Gasteiger partial charge in [0.2, 0.25) is 5.65 Å². The molecule has 2 aromatic heterocycles. The van der Waals surface area contributed by atoms with Crippen LogP contribution in [0.3, 0.4) is 0 Å². The normalized spacial score (nSPS) is 14.3. The summed E-state index contributed by atoms with van der Waals surface area (Å²) in [5.41, 5.74) is 5.05. The highest BCUT2D eigenvalue weighted by molar-refractivity contribution is 5.84. The number of tetrazole rings is 1. The van der Waals surface area contributed by atoms with Gasteiger partial charge in [0, 0.05) is 12.2 Å². The summed E-state index contributed by atoms with van der Waals surface area (Å²) in [6, 6.07) is 16.4. The molecule has 4 aromatic rings. The average molecular weight is 302 g/mol. The van der Waals surface area contributed by atoms with E-state index >= 15 is 0 Å². The lowest BCUT2D eigenvalue weighted by Gasteiger charge is -2.30. The summed E-state index contributed by atoms with van der Waals surface area (Å²) in [4.78, 5) is 7.09. The van der Waals surface area contributed by atoms with Gasteiger partial charge in [0.05, 0.1) is 11.0 Å². The zero-order chi connectivity index (χ0) is 15.2. The Morgan fingerprint density at radius 1 is 0.957 bits per heavy atom. The molecule has 0 atom stereocenters. The first-order valence-corrected chi connectivity index (χ1v) is 7.74. The van der Waals surface area contributed by atoms with Crippen LogP contribution in [0.2, 0.25) is 0 Å². The summed E-state index contributed by atoms with van der Waals surface area (Å²) in [5, 5.41) is 12.2. The molecule has 0 aliphatic carbocycles. The van der Waals surface area contributed by atoms with Crippen molar-refractivity contribution in [2.24, 2.45) is 0 Å². The highest BCUT2D eigenvalue weighted by Crippen LogP contribution is 2.34. The summed E-state index contributed by atoms with van der Waals surface area (Å²) < 4.78 is 1.77. The van der Waals surface area contributed by atoms with Gasteiger partial charge < -0.3 is 4.90 Å². The summed E-state index contributed by atoms with van der Waals surface area (Å²) in [7, 11) is 0. The van der Waals surface area contributed by atoms with Gasteiger partial charge in [0.15, 0.2) is 5.82 Å². The van der Waals surface area contributed by atoms with Crippen molar-refractivity contribution in [3.05, 3.63) is 54.1 Å². The molecule has 0 saturated heterocycles. The molecular weight excluding hydrogens is 288 g/mol. The van der Waals surface area contributed by atoms with Crippen molar-refractivity contribution < 1.29 is 0 Å². The smallest absolute Gasteiger partial charge is 0.222 e. The minimum absolute atomic E-state index is 0.695. The minimum atomic E-state index is 0.695. The maximum atomic E-state index is 4.86. The van der Waals surface area contributed by atoms with Crippen LogP contribution in [0.25, 0.3) is 16.7 Å². The van der Waals surface area contributed by atoms with E-state index in [-0.39, 0.29) is 0 Å². The first kappa shape index (κ1) is 12.5. The van der Waals surface area contributed by atoms with Crippen LogP contribution in [0.4, 0.5) is 11.5 Å². The van der Waals surface area contributed by atoms with Gasteiger partial charge in [-0.1, -0.05) is 30.3 Å². The van der Waals surface area contributed by atoms with Gasteiger partial charge in [-0.25, -0.2) is 4.98 Å². The Kier molecular flexibility index (Phi) is 2.58. The average Bonchev–Trinajstić information content (AvgIpc) is 3.11. The molecule has 3 heterocycles. The number of rotatable bonds is 1. The topological polar surface area (TPSA) is 59.2 Å². The molecule has 112 valence electrons. The lowest BCUT2D eigenvalue weighted by molar-refractivity contribution is 0.760.